The van der Waals surface area contributed by atoms with Gasteiger partial charge < -0.3 is 15.9 Å². The van der Waals surface area contributed by atoms with Crippen molar-refractivity contribution in [2.45, 2.75) is 37.1 Å². The van der Waals surface area contributed by atoms with E-state index in [4.69, 9.17) is 22.2 Å². The van der Waals surface area contributed by atoms with E-state index in [2.05, 4.69) is 15.5 Å². The molecule has 9 heteroatoms. The lowest BCUT2D eigenvalue weighted by Gasteiger charge is -2.12. The lowest BCUT2D eigenvalue weighted by molar-refractivity contribution is -0.115. The molecule has 1 atom stereocenters. The third kappa shape index (κ3) is 4.33. The Kier molecular flexibility index (Phi) is 6.33. The molecular formula is C15H20ClN5O2S. The molecule has 0 spiro atoms. The van der Waals surface area contributed by atoms with Gasteiger partial charge >= 0.3 is 0 Å². The molecule has 1 unspecified atom stereocenters. The second-order valence-corrected chi connectivity index (χ2v) is 6.83. The molecule has 0 fully saturated rings. The van der Waals surface area contributed by atoms with Gasteiger partial charge in [0.1, 0.15) is 5.75 Å². The highest BCUT2D eigenvalue weighted by atomic mass is 35.5. The van der Waals surface area contributed by atoms with Crippen LogP contribution in [-0.2, 0) is 11.2 Å². The predicted molar refractivity (Wildman–Crippen MR) is 96.1 cm³/mol. The summed E-state index contributed by atoms with van der Waals surface area (Å²) in [6, 6.07) is 5.06. The highest BCUT2D eigenvalue weighted by Gasteiger charge is 2.19. The number of amides is 1. The number of benzene rings is 1. The first-order valence-corrected chi connectivity index (χ1v) is 8.72. The molecule has 1 heterocycles. The number of aryl methyl sites for hydroxylation is 1. The maximum Gasteiger partial charge on any atom is 0.237 e. The summed E-state index contributed by atoms with van der Waals surface area (Å²) in [6.07, 6.45) is 1.67. The molecule has 7 nitrogen and oxygen atoms in total. The van der Waals surface area contributed by atoms with Crippen molar-refractivity contribution in [2.75, 3.05) is 18.3 Å². The fraction of sp³-hybridized carbons (Fsp3) is 0.400. The van der Waals surface area contributed by atoms with Crippen molar-refractivity contribution in [3.8, 4) is 5.75 Å². The molecule has 0 aliphatic rings. The Balaban J connectivity index is 2.01. The summed E-state index contributed by atoms with van der Waals surface area (Å²) < 4.78 is 6.52. The Morgan fingerprint density at radius 1 is 1.50 bits per heavy atom. The number of ether oxygens (including phenoxy) is 1. The number of aromatic nitrogens is 3. The summed E-state index contributed by atoms with van der Waals surface area (Å²) in [7, 11) is 1.54. The van der Waals surface area contributed by atoms with E-state index < -0.39 is 5.25 Å². The number of hydrogen-bond acceptors (Lipinski definition) is 6. The normalized spacial score (nSPS) is 12.0. The van der Waals surface area contributed by atoms with Crippen molar-refractivity contribution < 1.29 is 9.53 Å². The van der Waals surface area contributed by atoms with E-state index >= 15 is 0 Å². The summed E-state index contributed by atoms with van der Waals surface area (Å²) in [5, 5.41) is 11.4. The van der Waals surface area contributed by atoms with Crippen LogP contribution in [0.1, 0.15) is 26.1 Å². The molecule has 0 saturated heterocycles. The van der Waals surface area contributed by atoms with E-state index in [0.29, 0.717) is 27.4 Å². The van der Waals surface area contributed by atoms with Crippen LogP contribution >= 0.6 is 23.4 Å². The molecule has 130 valence electrons. The molecule has 0 radical (unpaired) electrons. The van der Waals surface area contributed by atoms with Crippen LogP contribution in [0, 0.1) is 0 Å². The van der Waals surface area contributed by atoms with Crippen LogP contribution < -0.4 is 15.9 Å². The number of halogens is 1. The third-order valence-electron chi connectivity index (χ3n) is 3.28. The molecule has 0 aliphatic heterocycles. The van der Waals surface area contributed by atoms with E-state index in [9.17, 15) is 4.79 Å². The van der Waals surface area contributed by atoms with Gasteiger partial charge in [0.25, 0.3) is 0 Å². The number of carbonyl (C=O) groups excluding carboxylic acids is 1. The zero-order valence-corrected chi connectivity index (χ0v) is 15.3. The summed E-state index contributed by atoms with van der Waals surface area (Å²) >= 11 is 7.31. The second kappa shape index (κ2) is 8.25. The number of nitrogens with two attached hydrogens (primary N) is 1. The van der Waals surface area contributed by atoms with Crippen LogP contribution in [0.2, 0.25) is 5.02 Å². The van der Waals surface area contributed by atoms with Crippen molar-refractivity contribution in [1.29, 1.82) is 0 Å². The first kappa shape index (κ1) is 18.4. The average molecular weight is 370 g/mol. The fourth-order valence-corrected chi connectivity index (χ4v) is 3.03. The molecule has 1 amide bonds. The highest BCUT2D eigenvalue weighted by molar-refractivity contribution is 8.00. The first-order valence-electron chi connectivity index (χ1n) is 7.46. The fourth-order valence-electron chi connectivity index (χ4n) is 1.98. The molecule has 0 aliphatic carbocycles. The van der Waals surface area contributed by atoms with E-state index in [1.54, 1.807) is 25.1 Å². The van der Waals surface area contributed by atoms with Gasteiger partial charge in [-0.15, -0.1) is 10.2 Å². The minimum Gasteiger partial charge on any atom is -0.495 e. The van der Waals surface area contributed by atoms with Gasteiger partial charge in [0.15, 0.2) is 5.82 Å². The molecule has 24 heavy (non-hydrogen) atoms. The standard InChI is InChI=1S/C15H20ClN5O2S/c1-4-5-13-19-20-15(21(13)17)24-9(2)14(22)18-10-6-7-12(23-3)11(16)8-10/h6-9H,4-5,17H2,1-3H3,(H,18,22). The van der Waals surface area contributed by atoms with E-state index in [1.807, 2.05) is 6.92 Å². The minimum absolute atomic E-state index is 0.179. The molecule has 0 saturated carbocycles. The Morgan fingerprint density at radius 3 is 2.88 bits per heavy atom. The highest BCUT2D eigenvalue weighted by Crippen LogP contribution is 2.28. The number of hydrogen-bond donors (Lipinski definition) is 2. The first-order chi connectivity index (χ1) is 11.5. The van der Waals surface area contributed by atoms with Crippen molar-refractivity contribution in [1.82, 2.24) is 14.9 Å². The van der Waals surface area contributed by atoms with Gasteiger partial charge in [-0.2, -0.15) is 0 Å². The Morgan fingerprint density at radius 2 is 2.25 bits per heavy atom. The zero-order chi connectivity index (χ0) is 17.7. The lowest BCUT2D eigenvalue weighted by Crippen LogP contribution is -2.23. The summed E-state index contributed by atoms with van der Waals surface area (Å²) in [5.41, 5.74) is 0.596. The minimum atomic E-state index is -0.396. The Labute approximate surface area is 149 Å². The smallest absolute Gasteiger partial charge is 0.237 e. The number of methoxy groups -OCH3 is 1. The van der Waals surface area contributed by atoms with Gasteiger partial charge in [0.05, 0.1) is 17.4 Å². The maximum absolute atomic E-state index is 12.3. The number of nitrogens with zero attached hydrogens (tertiary/aromatic N) is 3. The van der Waals surface area contributed by atoms with E-state index in [-0.39, 0.29) is 5.91 Å². The number of rotatable bonds is 7. The van der Waals surface area contributed by atoms with Crippen LogP contribution in [0.4, 0.5) is 5.69 Å². The molecular weight excluding hydrogens is 350 g/mol. The monoisotopic (exact) mass is 369 g/mol. The van der Waals surface area contributed by atoms with Crippen molar-refractivity contribution >= 4 is 35.0 Å². The molecule has 0 bridgehead atoms. The quantitative estimate of drug-likeness (QED) is 0.575. The SMILES string of the molecule is CCCc1nnc(SC(C)C(=O)Nc2ccc(OC)c(Cl)c2)n1N. The van der Waals surface area contributed by atoms with Gasteiger partial charge in [-0.3, -0.25) is 4.79 Å². The van der Waals surface area contributed by atoms with Gasteiger partial charge in [-0.1, -0.05) is 30.3 Å². The Bertz CT molecular complexity index is 722. The summed E-state index contributed by atoms with van der Waals surface area (Å²) in [5.74, 6) is 7.03. The van der Waals surface area contributed by atoms with Crippen molar-refractivity contribution in [2.24, 2.45) is 0 Å². The summed E-state index contributed by atoms with van der Waals surface area (Å²) in [6.45, 7) is 3.82. The van der Waals surface area contributed by atoms with Crippen LogP contribution in [-0.4, -0.2) is 33.1 Å². The number of nitrogen functional groups attached to an aromatic ring is 1. The van der Waals surface area contributed by atoms with Crippen molar-refractivity contribution in [3.63, 3.8) is 0 Å². The van der Waals surface area contributed by atoms with Gasteiger partial charge in [0, 0.05) is 12.1 Å². The van der Waals surface area contributed by atoms with Crippen LogP contribution in [0.25, 0.3) is 0 Å². The topological polar surface area (TPSA) is 95.1 Å². The number of carbonyl (C=O) groups is 1. The Hall–Kier alpha value is -1.93. The number of nitrogens with one attached hydrogen (secondary N) is 1. The second-order valence-electron chi connectivity index (χ2n) is 5.12. The van der Waals surface area contributed by atoms with E-state index in [0.717, 1.165) is 12.8 Å². The molecule has 1 aromatic heterocycles. The lowest BCUT2D eigenvalue weighted by atomic mass is 10.3. The number of thioether (sulfide) groups is 1. The zero-order valence-electron chi connectivity index (χ0n) is 13.7. The predicted octanol–water partition coefficient (Wildman–Crippen LogP) is 2.73. The summed E-state index contributed by atoms with van der Waals surface area (Å²) in [4.78, 5) is 12.3. The average Bonchev–Trinajstić information content (AvgIpc) is 2.88. The van der Waals surface area contributed by atoms with Crippen LogP contribution in [0.15, 0.2) is 23.4 Å². The molecule has 1 aromatic carbocycles. The number of anilines is 1. The van der Waals surface area contributed by atoms with Crippen LogP contribution in [0.5, 0.6) is 5.75 Å². The molecule has 2 rings (SSSR count). The molecule has 2 aromatic rings. The van der Waals surface area contributed by atoms with Crippen molar-refractivity contribution in [3.05, 3.63) is 29.0 Å². The van der Waals surface area contributed by atoms with Gasteiger partial charge in [-0.25, -0.2) is 4.68 Å². The van der Waals surface area contributed by atoms with Gasteiger partial charge in [0.2, 0.25) is 11.1 Å². The third-order valence-corrected chi connectivity index (χ3v) is 4.63. The maximum atomic E-state index is 12.3. The van der Waals surface area contributed by atoms with Gasteiger partial charge in [-0.05, 0) is 31.5 Å². The molecule has 3 N–H and O–H groups in total. The van der Waals surface area contributed by atoms with Crippen LogP contribution in [0.3, 0.4) is 0 Å². The van der Waals surface area contributed by atoms with E-state index in [1.165, 1.54) is 23.5 Å². The largest absolute Gasteiger partial charge is 0.495 e.